The number of rotatable bonds is 6. The predicted molar refractivity (Wildman–Crippen MR) is 85.8 cm³/mol. The third-order valence-corrected chi connectivity index (χ3v) is 4.38. The first-order valence-electron chi connectivity index (χ1n) is 7.81. The molecule has 1 aromatic carbocycles. The lowest BCUT2D eigenvalue weighted by molar-refractivity contribution is -0.385. The van der Waals surface area contributed by atoms with Crippen LogP contribution in [0.3, 0.4) is 0 Å². The van der Waals surface area contributed by atoms with Gasteiger partial charge in [0.2, 0.25) is 0 Å². The Hall–Kier alpha value is -1.62. The molecule has 1 fully saturated rings. The molecule has 1 unspecified atom stereocenters. The molecule has 0 aromatic heterocycles. The molecule has 1 N–H and O–H groups in total. The van der Waals surface area contributed by atoms with Crippen molar-refractivity contribution in [2.24, 2.45) is 0 Å². The summed E-state index contributed by atoms with van der Waals surface area (Å²) >= 11 is 0. The average molecular weight is 291 g/mol. The molecule has 1 aromatic rings. The lowest BCUT2D eigenvalue weighted by atomic mass is 10.0. The van der Waals surface area contributed by atoms with Crippen molar-refractivity contribution in [1.29, 1.82) is 0 Å². The molecule has 5 nitrogen and oxygen atoms in total. The molecule has 2 rings (SSSR count). The first kappa shape index (κ1) is 15.8. The van der Waals surface area contributed by atoms with Gasteiger partial charge in [-0.15, -0.1) is 0 Å². The Balaban J connectivity index is 1.81. The van der Waals surface area contributed by atoms with Gasteiger partial charge in [0.15, 0.2) is 0 Å². The minimum Gasteiger partial charge on any atom is -0.385 e. The second kappa shape index (κ2) is 7.41. The van der Waals surface area contributed by atoms with Crippen LogP contribution in [0, 0.1) is 17.0 Å². The van der Waals surface area contributed by atoms with E-state index in [9.17, 15) is 10.1 Å². The maximum atomic E-state index is 10.9. The van der Waals surface area contributed by atoms with Crippen molar-refractivity contribution in [2.75, 3.05) is 25.0 Å². The molecular formula is C16H25N3O2. The van der Waals surface area contributed by atoms with Crippen molar-refractivity contribution < 1.29 is 4.92 Å². The summed E-state index contributed by atoms with van der Waals surface area (Å²) in [6.07, 6.45) is 5.02. The third kappa shape index (κ3) is 4.17. The van der Waals surface area contributed by atoms with Crippen molar-refractivity contribution in [1.82, 2.24) is 4.90 Å². The van der Waals surface area contributed by atoms with Crippen molar-refractivity contribution in [2.45, 2.75) is 45.6 Å². The lowest BCUT2D eigenvalue weighted by Crippen LogP contribution is -2.38. The van der Waals surface area contributed by atoms with Crippen LogP contribution >= 0.6 is 0 Å². The molecular weight excluding hydrogens is 266 g/mol. The molecule has 116 valence electrons. The summed E-state index contributed by atoms with van der Waals surface area (Å²) in [6.45, 7) is 7.26. The highest BCUT2D eigenvalue weighted by molar-refractivity contribution is 5.59. The molecule has 0 saturated carbocycles. The quantitative estimate of drug-likeness (QED) is 0.494. The van der Waals surface area contributed by atoms with Gasteiger partial charge in [-0.3, -0.25) is 10.1 Å². The van der Waals surface area contributed by atoms with E-state index in [-0.39, 0.29) is 10.6 Å². The predicted octanol–water partition coefficient (Wildman–Crippen LogP) is 3.58. The number of piperidine rings is 1. The minimum absolute atomic E-state index is 0.185. The molecule has 1 aliphatic rings. The fraction of sp³-hybridized carbons (Fsp3) is 0.625. The van der Waals surface area contributed by atoms with Gasteiger partial charge in [-0.1, -0.05) is 12.5 Å². The van der Waals surface area contributed by atoms with Gasteiger partial charge in [-0.25, -0.2) is 0 Å². The molecule has 0 radical (unpaired) electrons. The topological polar surface area (TPSA) is 58.4 Å². The van der Waals surface area contributed by atoms with E-state index in [0.717, 1.165) is 25.2 Å². The summed E-state index contributed by atoms with van der Waals surface area (Å²) in [7, 11) is 0. The Kier molecular flexibility index (Phi) is 5.56. The maximum absolute atomic E-state index is 10.9. The van der Waals surface area contributed by atoms with Crippen LogP contribution in [-0.2, 0) is 0 Å². The van der Waals surface area contributed by atoms with Gasteiger partial charge in [0.25, 0.3) is 5.69 Å². The number of likely N-dealkylation sites (tertiary alicyclic amines) is 1. The van der Waals surface area contributed by atoms with Gasteiger partial charge in [0.05, 0.1) is 4.92 Å². The van der Waals surface area contributed by atoms with Crippen LogP contribution in [0.5, 0.6) is 0 Å². The SMILES string of the molecule is Cc1c(NCCCN2CCCCC2C)cccc1[N+](=O)[O-]. The number of hydrogen-bond donors (Lipinski definition) is 1. The van der Waals surface area contributed by atoms with Crippen molar-refractivity contribution in [3.8, 4) is 0 Å². The van der Waals surface area contributed by atoms with Crippen LogP contribution in [0.15, 0.2) is 18.2 Å². The van der Waals surface area contributed by atoms with Gasteiger partial charge < -0.3 is 10.2 Å². The van der Waals surface area contributed by atoms with Crippen LogP contribution in [-0.4, -0.2) is 35.5 Å². The molecule has 1 aliphatic heterocycles. The van der Waals surface area contributed by atoms with E-state index in [1.54, 1.807) is 19.1 Å². The smallest absolute Gasteiger partial charge is 0.274 e. The Morgan fingerprint density at radius 1 is 1.43 bits per heavy atom. The Morgan fingerprint density at radius 2 is 2.24 bits per heavy atom. The average Bonchev–Trinajstić information content (AvgIpc) is 2.46. The molecule has 0 amide bonds. The Bertz CT molecular complexity index is 490. The molecule has 1 saturated heterocycles. The normalized spacial score (nSPS) is 19.4. The first-order chi connectivity index (χ1) is 10.1. The highest BCUT2D eigenvalue weighted by Crippen LogP contribution is 2.25. The van der Waals surface area contributed by atoms with Crippen LogP contribution in [0.2, 0.25) is 0 Å². The number of nitro benzene ring substituents is 1. The first-order valence-corrected chi connectivity index (χ1v) is 7.81. The molecule has 5 heteroatoms. The zero-order valence-electron chi connectivity index (χ0n) is 13.0. The minimum atomic E-state index is -0.323. The van der Waals surface area contributed by atoms with Gasteiger partial charge in [0, 0.05) is 36.4 Å². The van der Waals surface area contributed by atoms with Gasteiger partial charge in [-0.2, -0.15) is 0 Å². The van der Waals surface area contributed by atoms with E-state index < -0.39 is 0 Å². The molecule has 1 heterocycles. The zero-order chi connectivity index (χ0) is 15.2. The van der Waals surface area contributed by atoms with E-state index in [1.807, 2.05) is 6.07 Å². The van der Waals surface area contributed by atoms with Gasteiger partial charge in [0.1, 0.15) is 0 Å². The van der Waals surface area contributed by atoms with Crippen molar-refractivity contribution in [3.63, 3.8) is 0 Å². The van der Waals surface area contributed by atoms with Gasteiger partial charge >= 0.3 is 0 Å². The summed E-state index contributed by atoms with van der Waals surface area (Å²) in [5.74, 6) is 0. The second-order valence-electron chi connectivity index (χ2n) is 5.87. The number of anilines is 1. The highest BCUT2D eigenvalue weighted by atomic mass is 16.6. The number of nitrogens with zero attached hydrogens (tertiary/aromatic N) is 2. The standard InChI is InChI=1S/C16H25N3O2/c1-13-7-3-4-11-18(13)12-6-10-17-15-8-5-9-16(14(15)2)19(20)21/h5,8-9,13,17H,3-4,6-7,10-12H2,1-2H3. The number of benzene rings is 1. The molecule has 21 heavy (non-hydrogen) atoms. The Morgan fingerprint density at radius 3 is 2.95 bits per heavy atom. The van der Waals surface area contributed by atoms with E-state index >= 15 is 0 Å². The van der Waals surface area contributed by atoms with E-state index in [0.29, 0.717) is 11.6 Å². The summed E-state index contributed by atoms with van der Waals surface area (Å²) in [5.41, 5.74) is 1.77. The highest BCUT2D eigenvalue weighted by Gasteiger charge is 2.17. The summed E-state index contributed by atoms with van der Waals surface area (Å²) in [6, 6.07) is 5.89. The number of nitrogens with one attached hydrogen (secondary N) is 1. The number of hydrogen-bond acceptors (Lipinski definition) is 4. The molecule has 0 bridgehead atoms. The van der Waals surface area contributed by atoms with Crippen molar-refractivity contribution in [3.05, 3.63) is 33.9 Å². The van der Waals surface area contributed by atoms with Crippen molar-refractivity contribution >= 4 is 11.4 Å². The maximum Gasteiger partial charge on any atom is 0.274 e. The second-order valence-corrected chi connectivity index (χ2v) is 5.87. The number of nitro groups is 1. The zero-order valence-corrected chi connectivity index (χ0v) is 13.0. The molecule has 0 spiro atoms. The lowest BCUT2D eigenvalue weighted by Gasteiger charge is -2.33. The fourth-order valence-electron chi connectivity index (χ4n) is 3.01. The van der Waals surface area contributed by atoms with E-state index in [2.05, 4.69) is 17.1 Å². The van der Waals surface area contributed by atoms with Crippen LogP contribution in [0.25, 0.3) is 0 Å². The van der Waals surface area contributed by atoms with E-state index in [1.165, 1.54) is 25.8 Å². The van der Waals surface area contributed by atoms with E-state index in [4.69, 9.17) is 0 Å². The third-order valence-electron chi connectivity index (χ3n) is 4.38. The summed E-state index contributed by atoms with van der Waals surface area (Å²) in [4.78, 5) is 13.1. The summed E-state index contributed by atoms with van der Waals surface area (Å²) in [5, 5.41) is 14.2. The largest absolute Gasteiger partial charge is 0.385 e. The monoisotopic (exact) mass is 291 g/mol. The van der Waals surface area contributed by atoms with Crippen LogP contribution in [0.1, 0.15) is 38.2 Å². The summed E-state index contributed by atoms with van der Waals surface area (Å²) < 4.78 is 0. The molecule has 0 aliphatic carbocycles. The molecule has 1 atom stereocenters. The van der Waals surface area contributed by atoms with Gasteiger partial charge in [-0.05, 0) is 45.7 Å². The van der Waals surface area contributed by atoms with Crippen LogP contribution in [0.4, 0.5) is 11.4 Å². The van der Waals surface area contributed by atoms with Crippen LogP contribution < -0.4 is 5.32 Å². The Labute approximate surface area is 126 Å². The fourth-order valence-corrected chi connectivity index (χ4v) is 3.01.